The SMILES string of the molecule is COc1ccc(NSc2ccc(NC(=O)c3ccc(Cl)cc3)cc2)cc1. The quantitative estimate of drug-likeness (QED) is 0.533. The second-order valence-corrected chi connectivity index (χ2v) is 6.73. The molecule has 0 saturated heterocycles. The first kappa shape index (κ1) is 18.2. The Hall–Kier alpha value is -2.63. The summed E-state index contributed by atoms with van der Waals surface area (Å²) in [6, 6.07) is 22.1. The number of carbonyl (C=O) groups is 1. The van der Waals surface area contributed by atoms with E-state index in [-0.39, 0.29) is 5.91 Å². The zero-order valence-corrected chi connectivity index (χ0v) is 15.6. The van der Waals surface area contributed by atoms with Crippen molar-refractivity contribution in [3.05, 3.63) is 83.4 Å². The highest BCUT2D eigenvalue weighted by atomic mass is 35.5. The van der Waals surface area contributed by atoms with Gasteiger partial charge in [-0.05, 0) is 84.7 Å². The van der Waals surface area contributed by atoms with Crippen LogP contribution in [0.1, 0.15) is 10.4 Å². The predicted octanol–water partition coefficient (Wildman–Crippen LogP) is 5.72. The highest BCUT2D eigenvalue weighted by Crippen LogP contribution is 2.24. The van der Waals surface area contributed by atoms with E-state index in [1.165, 1.54) is 11.9 Å². The third kappa shape index (κ3) is 4.94. The topological polar surface area (TPSA) is 50.4 Å². The van der Waals surface area contributed by atoms with Crippen LogP contribution >= 0.6 is 23.5 Å². The van der Waals surface area contributed by atoms with Crippen LogP contribution in [0.25, 0.3) is 0 Å². The van der Waals surface area contributed by atoms with Crippen LogP contribution in [0.3, 0.4) is 0 Å². The summed E-state index contributed by atoms with van der Waals surface area (Å²) in [5, 5.41) is 3.47. The lowest BCUT2D eigenvalue weighted by molar-refractivity contribution is 0.102. The number of amides is 1. The van der Waals surface area contributed by atoms with Crippen LogP contribution in [0.4, 0.5) is 11.4 Å². The van der Waals surface area contributed by atoms with Crippen LogP contribution in [0.15, 0.2) is 77.7 Å². The van der Waals surface area contributed by atoms with Gasteiger partial charge in [0.05, 0.1) is 7.11 Å². The fourth-order valence-corrected chi connectivity index (χ4v) is 2.96. The van der Waals surface area contributed by atoms with Gasteiger partial charge in [-0.3, -0.25) is 4.79 Å². The Morgan fingerprint density at radius 1 is 0.885 bits per heavy atom. The van der Waals surface area contributed by atoms with E-state index in [2.05, 4.69) is 10.0 Å². The summed E-state index contributed by atoms with van der Waals surface area (Å²) >= 11 is 7.33. The highest BCUT2D eigenvalue weighted by molar-refractivity contribution is 8.00. The second-order valence-electron chi connectivity index (χ2n) is 5.42. The normalized spacial score (nSPS) is 10.2. The number of rotatable bonds is 6. The van der Waals surface area contributed by atoms with Crippen molar-refractivity contribution in [2.24, 2.45) is 0 Å². The molecule has 3 aromatic rings. The molecule has 0 atom stereocenters. The Kier molecular flexibility index (Phi) is 6.04. The van der Waals surface area contributed by atoms with Gasteiger partial charge in [0.1, 0.15) is 5.75 Å². The minimum atomic E-state index is -0.168. The molecule has 0 fully saturated rings. The smallest absolute Gasteiger partial charge is 0.255 e. The first-order chi connectivity index (χ1) is 12.6. The van der Waals surface area contributed by atoms with E-state index in [0.717, 1.165) is 22.0 Å². The summed E-state index contributed by atoms with van der Waals surface area (Å²) in [7, 11) is 1.64. The average Bonchev–Trinajstić information content (AvgIpc) is 2.68. The molecule has 0 spiro atoms. The summed E-state index contributed by atoms with van der Waals surface area (Å²) in [4.78, 5) is 13.2. The number of hydrogen-bond acceptors (Lipinski definition) is 4. The van der Waals surface area contributed by atoms with E-state index in [9.17, 15) is 4.79 Å². The summed E-state index contributed by atoms with van der Waals surface area (Å²) in [6.45, 7) is 0. The van der Waals surface area contributed by atoms with Crippen molar-refractivity contribution in [2.75, 3.05) is 17.1 Å². The molecule has 6 heteroatoms. The van der Waals surface area contributed by atoms with Crippen molar-refractivity contribution >= 4 is 40.8 Å². The Morgan fingerprint density at radius 3 is 2.12 bits per heavy atom. The lowest BCUT2D eigenvalue weighted by Crippen LogP contribution is -2.11. The molecule has 0 unspecified atom stereocenters. The Morgan fingerprint density at radius 2 is 1.50 bits per heavy atom. The molecule has 132 valence electrons. The summed E-state index contributed by atoms with van der Waals surface area (Å²) in [5.74, 6) is 0.653. The molecule has 3 rings (SSSR count). The number of ether oxygens (including phenoxy) is 1. The first-order valence-corrected chi connectivity index (χ1v) is 9.07. The van der Waals surface area contributed by atoms with Crippen LogP contribution in [-0.2, 0) is 0 Å². The lowest BCUT2D eigenvalue weighted by Gasteiger charge is -2.08. The standard InChI is InChI=1S/C20H17ClN2O2S/c1-25-18-10-6-17(7-11-18)23-26-19-12-8-16(9-13-19)22-20(24)14-2-4-15(21)5-3-14/h2-13,23H,1H3,(H,22,24). The maximum Gasteiger partial charge on any atom is 0.255 e. The zero-order valence-electron chi connectivity index (χ0n) is 14.0. The van der Waals surface area contributed by atoms with E-state index in [4.69, 9.17) is 16.3 Å². The van der Waals surface area contributed by atoms with Crippen molar-refractivity contribution in [1.29, 1.82) is 0 Å². The number of nitrogens with one attached hydrogen (secondary N) is 2. The van der Waals surface area contributed by atoms with Gasteiger partial charge in [-0.25, -0.2) is 0 Å². The van der Waals surface area contributed by atoms with Crippen molar-refractivity contribution in [3.63, 3.8) is 0 Å². The molecule has 0 radical (unpaired) electrons. The number of carbonyl (C=O) groups excluding carboxylic acids is 1. The fourth-order valence-electron chi connectivity index (χ4n) is 2.19. The maximum atomic E-state index is 12.2. The van der Waals surface area contributed by atoms with Crippen LogP contribution in [0.5, 0.6) is 5.75 Å². The van der Waals surface area contributed by atoms with Gasteiger partial charge in [-0.15, -0.1) is 0 Å². The van der Waals surface area contributed by atoms with Crippen LogP contribution < -0.4 is 14.8 Å². The van der Waals surface area contributed by atoms with Crippen LogP contribution in [-0.4, -0.2) is 13.0 Å². The molecule has 0 aromatic heterocycles. The highest BCUT2D eigenvalue weighted by Gasteiger charge is 2.06. The molecule has 26 heavy (non-hydrogen) atoms. The third-order valence-corrected chi connectivity index (χ3v) is 4.69. The number of benzene rings is 3. The molecule has 4 nitrogen and oxygen atoms in total. The summed E-state index contributed by atoms with van der Waals surface area (Å²) in [6.07, 6.45) is 0. The van der Waals surface area contributed by atoms with E-state index in [1.807, 2.05) is 48.5 Å². The summed E-state index contributed by atoms with van der Waals surface area (Å²) < 4.78 is 8.40. The first-order valence-electron chi connectivity index (χ1n) is 7.88. The molecular formula is C20H17ClN2O2S. The van der Waals surface area contributed by atoms with Crippen molar-refractivity contribution in [1.82, 2.24) is 0 Å². The molecule has 0 saturated carbocycles. The van der Waals surface area contributed by atoms with Gasteiger partial charge >= 0.3 is 0 Å². The van der Waals surface area contributed by atoms with Gasteiger partial charge < -0.3 is 14.8 Å². The van der Waals surface area contributed by atoms with Gasteiger partial charge in [-0.2, -0.15) is 0 Å². The van der Waals surface area contributed by atoms with Gasteiger partial charge in [0, 0.05) is 26.9 Å². The minimum Gasteiger partial charge on any atom is -0.497 e. The predicted molar refractivity (Wildman–Crippen MR) is 108 cm³/mol. The third-order valence-electron chi connectivity index (χ3n) is 3.60. The average molecular weight is 385 g/mol. The summed E-state index contributed by atoms with van der Waals surface area (Å²) in [5.41, 5.74) is 2.28. The molecule has 1 amide bonds. The van der Waals surface area contributed by atoms with Gasteiger partial charge in [0.15, 0.2) is 0 Å². The molecule has 0 bridgehead atoms. The fraction of sp³-hybridized carbons (Fsp3) is 0.0500. The van der Waals surface area contributed by atoms with Crippen molar-refractivity contribution < 1.29 is 9.53 Å². The zero-order chi connectivity index (χ0) is 18.4. The monoisotopic (exact) mass is 384 g/mol. The van der Waals surface area contributed by atoms with E-state index >= 15 is 0 Å². The number of methoxy groups -OCH3 is 1. The Balaban J connectivity index is 1.55. The molecular weight excluding hydrogens is 368 g/mol. The lowest BCUT2D eigenvalue weighted by atomic mass is 10.2. The molecule has 0 aliphatic carbocycles. The molecule has 2 N–H and O–H groups in total. The van der Waals surface area contributed by atoms with Gasteiger partial charge in [0.25, 0.3) is 5.91 Å². The van der Waals surface area contributed by atoms with Gasteiger partial charge in [-0.1, -0.05) is 11.6 Å². The minimum absolute atomic E-state index is 0.168. The number of halogens is 1. The van der Waals surface area contributed by atoms with Crippen LogP contribution in [0, 0.1) is 0 Å². The Labute approximate surface area is 161 Å². The maximum absolute atomic E-state index is 12.2. The van der Waals surface area contributed by atoms with E-state index < -0.39 is 0 Å². The molecule has 0 aliphatic rings. The van der Waals surface area contributed by atoms with Gasteiger partial charge in [0.2, 0.25) is 0 Å². The molecule has 0 heterocycles. The number of hydrogen-bond donors (Lipinski definition) is 2. The Bertz CT molecular complexity index is 866. The van der Waals surface area contributed by atoms with Crippen LogP contribution in [0.2, 0.25) is 5.02 Å². The number of anilines is 2. The molecule has 3 aromatic carbocycles. The largest absolute Gasteiger partial charge is 0.497 e. The molecule has 0 aliphatic heterocycles. The van der Waals surface area contributed by atoms with E-state index in [0.29, 0.717) is 10.6 Å². The second kappa shape index (κ2) is 8.65. The van der Waals surface area contributed by atoms with Crippen molar-refractivity contribution in [3.8, 4) is 5.75 Å². The van der Waals surface area contributed by atoms with E-state index in [1.54, 1.807) is 31.4 Å². The van der Waals surface area contributed by atoms with Crippen molar-refractivity contribution in [2.45, 2.75) is 4.90 Å².